The minimum atomic E-state index is -0.777. The first-order valence-electron chi connectivity index (χ1n) is 5.08. The minimum Gasteiger partial charge on any atom is -0.316 e. The fraction of sp³-hybridized carbons (Fsp3) is 0.455. The molecule has 4 heteroatoms. The van der Waals surface area contributed by atoms with Gasteiger partial charge in [-0.15, -0.1) is 11.8 Å². The molecule has 0 amide bonds. The topological polar surface area (TPSA) is 12.0 Å². The molecule has 1 saturated heterocycles. The Morgan fingerprint density at radius 2 is 2.13 bits per heavy atom. The van der Waals surface area contributed by atoms with Crippen molar-refractivity contribution in [1.82, 2.24) is 5.32 Å². The summed E-state index contributed by atoms with van der Waals surface area (Å²) in [4.78, 5) is 0.808. The number of halogens is 2. The van der Waals surface area contributed by atoms with Crippen LogP contribution in [-0.4, -0.2) is 18.3 Å². The molecule has 1 aliphatic heterocycles. The zero-order valence-corrected chi connectivity index (χ0v) is 9.12. The van der Waals surface area contributed by atoms with Crippen LogP contribution in [0.15, 0.2) is 23.1 Å². The second-order valence-corrected chi connectivity index (χ2v) is 5.04. The van der Waals surface area contributed by atoms with Gasteiger partial charge in [0.05, 0.1) is 0 Å². The number of thioether (sulfide) groups is 1. The van der Waals surface area contributed by atoms with Crippen LogP contribution in [0.1, 0.15) is 12.8 Å². The summed E-state index contributed by atoms with van der Waals surface area (Å²) in [5.74, 6) is -1.54. The number of piperidine rings is 1. The Morgan fingerprint density at radius 3 is 2.80 bits per heavy atom. The van der Waals surface area contributed by atoms with Crippen LogP contribution in [0, 0.1) is 11.6 Å². The Morgan fingerprint density at radius 1 is 1.27 bits per heavy atom. The van der Waals surface area contributed by atoms with Gasteiger partial charge in [-0.3, -0.25) is 0 Å². The van der Waals surface area contributed by atoms with Crippen molar-refractivity contribution in [1.29, 1.82) is 0 Å². The Balaban J connectivity index is 2.00. The summed E-state index contributed by atoms with van der Waals surface area (Å²) in [5, 5.41) is 3.77. The van der Waals surface area contributed by atoms with Crippen LogP contribution in [0.4, 0.5) is 8.78 Å². The van der Waals surface area contributed by atoms with E-state index in [0.29, 0.717) is 5.25 Å². The van der Waals surface area contributed by atoms with Crippen molar-refractivity contribution in [2.24, 2.45) is 0 Å². The third-order valence-electron chi connectivity index (χ3n) is 2.45. The minimum absolute atomic E-state index is 0.476. The molecule has 1 N–H and O–H groups in total. The lowest BCUT2D eigenvalue weighted by molar-refractivity contribution is 0.505. The lowest BCUT2D eigenvalue weighted by atomic mass is 10.2. The van der Waals surface area contributed by atoms with Gasteiger partial charge in [-0.25, -0.2) is 8.78 Å². The molecule has 0 aromatic heterocycles. The lowest BCUT2D eigenvalue weighted by Gasteiger charge is -2.22. The molecule has 0 aliphatic carbocycles. The van der Waals surface area contributed by atoms with E-state index in [2.05, 4.69) is 5.32 Å². The summed E-state index contributed by atoms with van der Waals surface area (Å²) in [6.45, 7) is 2.01. The maximum atomic E-state index is 12.9. The summed E-state index contributed by atoms with van der Waals surface area (Å²) < 4.78 is 25.6. The van der Waals surface area contributed by atoms with Gasteiger partial charge in [0.1, 0.15) is 0 Å². The Hall–Kier alpha value is -0.610. The molecule has 0 bridgehead atoms. The fourth-order valence-electron chi connectivity index (χ4n) is 1.66. The Labute approximate surface area is 92.3 Å². The smallest absolute Gasteiger partial charge is 0.159 e. The summed E-state index contributed by atoms with van der Waals surface area (Å²) in [6, 6.07) is 4.10. The standard InChI is InChI=1S/C11H13F2NS/c12-10-4-3-8(6-11(10)13)15-9-2-1-5-14-7-9/h3-4,6,9,14H,1-2,5,7H2/t9-/m0/s1. The second-order valence-electron chi connectivity index (χ2n) is 3.66. The van der Waals surface area contributed by atoms with E-state index in [0.717, 1.165) is 30.8 Å². The quantitative estimate of drug-likeness (QED) is 0.837. The van der Waals surface area contributed by atoms with Gasteiger partial charge >= 0.3 is 0 Å². The van der Waals surface area contributed by atoms with Gasteiger partial charge in [0.2, 0.25) is 0 Å². The maximum Gasteiger partial charge on any atom is 0.159 e. The summed E-state index contributed by atoms with van der Waals surface area (Å²) in [5.41, 5.74) is 0. The van der Waals surface area contributed by atoms with Gasteiger partial charge in [0.15, 0.2) is 11.6 Å². The zero-order chi connectivity index (χ0) is 10.7. The Bertz CT molecular complexity index is 337. The molecule has 0 unspecified atom stereocenters. The van der Waals surface area contributed by atoms with Crippen LogP contribution in [0.5, 0.6) is 0 Å². The first-order valence-corrected chi connectivity index (χ1v) is 5.96. The molecule has 1 nitrogen and oxygen atoms in total. The van der Waals surface area contributed by atoms with Crippen molar-refractivity contribution < 1.29 is 8.78 Å². The summed E-state index contributed by atoms with van der Waals surface area (Å²) >= 11 is 1.62. The van der Waals surface area contributed by atoms with E-state index in [1.54, 1.807) is 17.8 Å². The van der Waals surface area contributed by atoms with Crippen molar-refractivity contribution in [2.45, 2.75) is 23.0 Å². The number of rotatable bonds is 2. The monoisotopic (exact) mass is 229 g/mol. The molecule has 1 aromatic carbocycles. The highest BCUT2D eigenvalue weighted by atomic mass is 32.2. The average molecular weight is 229 g/mol. The number of hydrogen-bond donors (Lipinski definition) is 1. The molecular formula is C11H13F2NS. The van der Waals surface area contributed by atoms with Crippen molar-refractivity contribution in [3.8, 4) is 0 Å². The maximum absolute atomic E-state index is 12.9. The third-order valence-corrected chi connectivity index (χ3v) is 3.71. The predicted molar refractivity (Wildman–Crippen MR) is 58.1 cm³/mol. The largest absolute Gasteiger partial charge is 0.316 e. The SMILES string of the molecule is Fc1ccc(S[C@H]2CCCNC2)cc1F. The molecule has 0 radical (unpaired) electrons. The molecule has 1 aliphatic rings. The van der Waals surface area contributed by atoms with Crippen LogP contribution >= 0.6 is 11.8 Å². The molecule has 0 spiro atoms. The number of hydrogen-bond acceptors (Lipinski definition) is 2. The molecule has 1 fully saturated rings. The van der Waals surface area contributed by atoms with E-state index in [4.69, 9.17) is 0 Å². The van der Waals surface area contributed by atoms with E-state index in [1.807, 2.05) is 0 Å². The highest BCUT2D eigenvalue weighted by Crippen LogP contribution is 2.28. The zero-order valence-electron chi connectivity index (χ0n) is 8.30. The van der Waals surface area contributed by atoms with Gasteiger partial charge in [-0.05, 0) is 37.6 Å². The Kier molecular flexibility index (Phi) is 3.59. The molecular weight excluding hydrogens is 216 g/mol. The molecule has 2 rings (SSSR count). The summed E-state index contributed by atoms with van der Waals surface area (Å²) in [6.07, 6.45) is 2.29. The van der Waals surface area contributed by atoms with Gasteiger partial charge in [0, 0.05) is 16.7 Å². The van der Waals surface area contributed by atoms with Crippen molar-refractivity contribution >= 4 is 11.8 Å². The van der Waals surface area contributed by atoms with Crippen LogP contribution in [-0.2, 0) is 0 Å². The van der Waals surface area contributed by atoms with Crippen LogP contribution in [0.25, 0.3) is 0 Å². The van der Waals surface area contributed by atoms with E-state index < -0.39 is 11.6 Å². The van der Waals surface area contributed by atoms with E-state index >= 15 is 0 Å². The van der Waals surface area contributed by atoms with Crippen molar-refractivity contribution in [3.05, 3.63) is 29.8 Å². The van der Waals surface area contributed by atoms with E-state index in [9.17, 15) is 8.78 Å². The second kappa shape index (κ2) is 4.94. The summed E-state index contributed by atoms with van der Waals surface area (Å²) in [7, 11) is 0. The van der Waals surface area contributed by atoms with E-state index in [1.165, 1.54) is 12.1 Å². The van der Waals surface area contributed by atoms with Crippen LogP contribution in [0.2, 0.25) is 0 Å². The molecule has 1 aromatic rings. The fourth-order valence-corrected chi connectivity index (χ4v) is 2.85. The van der Waals surface area contributed by atoms with Gasteiger partial charge in [0.25, 0.3) is 0 Å². The predicted octanol–water partition coefficient (Wildman–Crippen LogP) is 2.81. The van der Waals surface area contributed by atoms with Gasteiger partial charge in [-0.2, -0.15) is 0 Å². The van der Waals surface area contributed by atoms with Crippen molar-refractivity contribution in [3.63, 3.8) is 0 Å². The van der Waals surface area contributed by atoms with Crippen LogP contribution < -0.4 is 5.32 Å². The number of nitrogens with one attached hydrogen (secondary N) is 1. The average Bonchev–Trinajstić information content (AvgIpc) is 2.25. The van der Waals surface area contributed by atoms with Crippen LogP contribution in [0.3, 0.4) is 0 Å². The molecule has 1 heterocycles. The van der Waals surface area contributed by atoms with E-state index in [-0.39, 0.29) is 0 Å². The lowest BCUT2D eigenvalue weighted by Crippen LogP contribution is -2.31. The molecule has 0 saturated carbocycles. The van der Waals surface area contributed by atoms with Crippen molar-refractivity contribution in [2.75, 3.05) is 13.1 Å². The highest BCUT2D eigenvalue weighted by molar-refractivity contribution is 8.00. The molecule has 1 atom stereocenters. The highest BCUT2D eigenvalue weighted by Gasteiger charge is 2.14. The molecule has 15 heavy (non-hydrogen) atoms. The molecule has 82 valence electrons. The van der Waals surface area contributed by atoms with Gasteiger partial charge < -0.3 is 5.32 Å². The van der Waals surface area contributed by atoms with Gasteiger partial charge in [-0.1, -0.05) is 0 Å². The normalized spacial score (nSPS) is 21.6. The first-order chi connectivity index (χ1) is 7.25. The third kappa shape index (κ3) is 2.92. The number of benzene rings is 1. The first kappa shape index (κ1) is 10.9.